The maximum absolute atomic E-state index is 14.8. The van der Waals surface area contributed by atoms with Crippen LogP contribution < -0.4 is 0 Å². The van der Waals surface area contributed by atoms with Crippen LogP contribution in [0.25, 0.3) is 5.57 Å². The Morgan fingerprint density at radius 1 is 1.04 bits per heavy atom. The number of benzene rings is 1. The van der Waals surface area contributed by atoms with Gasteiger partial charge in [0, 0.05) is 12.0 Å². The summed E-state index contributed by atoms with van der Waals surface area (Å²) in [6.45, 7) is 4.50. The lowest BCUT2D eigenvalue weighted by Crippen LogP contribution is -2.43. The van der Waals surface area contributed by atoms with Gasteiger partial charge in [-0.3, -0.25) is 9.59 Å². The van der Waals surface area contributed by atoms with Crippen molar-refractivity contribution in [3.05, 3.63) is 53.6 Å². The Kier molecular flexibility index (Phi) is 5.95. The Morgan fingerprint density at radius 3 is 2.04 bits per heavy atom. The van der Waals surface area contributed by atoms with Crippen molar-refractivity contribution in [2.45, 2.75) is 33.1 Å². The predicted octanol–water partition coefficient (Wildman–Crippen LogP) is 4.17. The molecule has 0 atom stereocenters. The van der Waals surface area contributed by atoms with E-state index in [0.717, 1.165) is 0 Å². The number of hydrogen-bond donors (Lipinski definition) is 0. The Bertz CT molecular complexity index is 717. The van der Waals surface area contributed by atoms with Gasteiger partial charge in [-0.1, -0.05) is 42.5 Å². The van der Waals surface area contributed by atoms with Gasteiger partial charge in [-0.25, -0.2) is 8.78 Å². The minimum atomic E-state index is -3.23. The number of hydrogen-bond acceptors (Lipinski definition) is 4. The Hall–Kier alpha value is -2.50. The van der Waals surface area contributed by atoms with Gasteiger partial charge >= 0.3 is 11.9 Å². The Labute approximate surface area is 151 Å². The normalized spacial score (nSPS) is 16.3. The van der Waals surface area contributed by atoms with Gasteiger partial charge in [0.25, 0.3) is 5.92 Å². The lowest BCUT2D eigenvalue weighted by atomic mass is 9.75. The third-order valence-corrected chi connectivity index (χ3v) is 4.35. The molecule has 0 N–H and O–H groups in total. The van der Waals surface area contributed by atoms with Crippen LogP contribution >= 0.6 is 0 Å². The Balaban J connectivity index is 2.50. The molecule has 2 rings (SSSR count). The highest BCUT2D eigenvalue weighted by atomic mass is 19.3. The average Bonchev–Trinajstić information content (AvgIpc) is 2.61. The maximum atomic E-state index is 14.8. The fourth-order valence-corrected chi connectivity index (χ4v) is 2.86. The summed E-state index contributed by atoms with van der Waals surface area (Å²) in [5.41, 5.74) is -1.70. The SMILES string of the molecule is CCOC(=O)C(C)(C(=O)OCC)C1=CC=C(c2ccccc2)C(F)(F)C1. The van der Waals surface area contributed by atoms with Crippen LogP contribution in [0.2, 0.25) is 0 Å². The van der Waals surface area contributed by atoms with Crippen LogP contribution in [0, 0.1) is 5.41 Å². The van der Waals surface area contributed by atoms with E-state index in [0.29, 0.717) is 5.56 Å². The summed E-state index contributed by atoms with van der Waals surface area (Å²) in [5.74, 6) is -5.01. The second-order valence-corrected chi connectivity index (χ2v) is 6.09. The topological polar surface area (TPSA) is 52.6 Å². The number of allylic oxidation sites excluding steroid dienone is 3. The molecular formula is C20H22F2O4. The molecule has 0 bridgehead atoms. The molecule has 0 unspecified atom stereocenters. The fourth-order valence-electron chi connectivity index (χ4n) is 2.86. The molecule has 1 aliphatic carbocycles. The summed E-state index contributed by atoms with van der Waals surface area (Å²) in [5, 5.41) is 0. The van der Waals surface area contributed by atoms with Crippen LogP contribution in [0.5, 0.6) is 0 Å². The number of rotatable bonds is 6. The van der Waals surface area contributed by atoms with Crippen molar-refractivity contribution < 1.29 is 27.8 Å². The number of ether oxygens (including phenoxy) is 2. The molecule has 0 spiro atoms. The van der Waals surface area contributed by atoms with Crippen LogP contribution in [-0.4, -0.2) is 31.1 Å². The number of esters is 2. The number of carbonyl (C=O) groups is 2. The summed E-state index contributed by atoms with van der Waals surface area (Å²) >= 11 is 0. The highest BCUT2D eigenvalue weighted by Crippen LogP contribution is 2.46. The molecule has 0 fully saturated rings. The zero-order valence-electron chi connectivity index (χ0n) is 15.1. The van der Waals surface area contributed by atoms with Crippen LogP contribution in [0.3, 0.4) is 0 Å². The third-order valence-electron chi connectivity index (χ3n) is 4.35. The average molecular weight is 364 g/mol. The second kappa shape index (κ2) is 7.81. The first-order valence-corrected chi connectivity index (χ1v) is 8.46. The van der Waals surface area contributed by atoms with E-state index in [1.165, 1.54) is 19.1 Å². The fraction of sp³-hybridized carbons (Fsp3) is 0.400. The molecule has 26 heavy (non-hydrogen) atoms. The van der Waals surface area contributed by atoms with E-state index < -0.39 is 29.7 Å². The van der Waals surface area contributed by atoms with Gasteiger partial charge in [0.15, 0.2) is 5.41 Å². The van der Waals surface area contributed by atoms with E-state index in [-0.39, 0.29) is 24.4 Å². The van der Waals surface area contributed by atoms with Gasteiger partial charge in [-0.2, -0.15) is 0 Å². The molecule has 6 heteroatoms. The predicted molar refractivity (Wildman–Crippen MR) is 93.4 cm³/mol. The van der Waals surface area contributed by atoms with Crippen molar-refractivity contribution in [2.75, 3.05) is 13.2 Å². The molecule has 140 valence electrons. The maximum Gasteiger partial charge on any atom is 0.327 e. The van der Waals surface area contributed by atoms with E-state index in [1.54, 1.807) is 44.2 Å². The first kappa shape index (κ1) is 19.8. The summed E-state index contributed by atoms with van der Waals surface area (Å²) in [6.07, 6.45) is 1.89. The monoisotopic (exact) mass is 364 g/mol. The number of carbonyl (C=O) groups excluding carboxylic acids is 2. The van der Waals surface area contributed by atoms with E-state index in [9.17, 15) is 18.4 Å². The molecule has 1 aromatic carbocycles. The van der Waals surface area contributed by atoms with Crippen molar-refractivity contribution in [1.29, 1.82) is 0 Å². The van der Waals surface area contributed by atoms with E-state index in [1.807, 2.05) is 0 Å². The third kappa shape index (κ3) is 3.69. The molecule has 0 heterocycles. The molecule has 0 amide bonds. The number of halogens is 2. The summed E-state index contributed by atoms with van der Waals surface area (Å²) in [6, 6.07) is 8.27. The van der Waals surface area contributed by atoms with E-state index in [2.05, 4.69) is 0 Å². The van der Waals surface area contributed by atoms with Crippen molar-refractivity contribution in [3.8, 4) is 0 Å². The highest BCUT2D eigenvalue weighted by Gasteiger charge is 2.52. The van der Waals surface area contributed by atoms with Crippen LogP contribution in [0.15, 0.2) is 48.1 Å². The smallest absolute Gasteiger partial charge is 0.327 e. The van der Waals surface area contributed by atoms with Crippen LogP contribution in [-0.2, 0) is 19.1 Å². The minimum Gasteiger partial charge on any atom is -0.465 e. The van der Waals surface area contributed by atoms with Gasteiger partial charge in [0.1, 0.15) is 0 Å². The molecule has 1 aromatic rings. The first-order valence-electron chi connectivity index (χ1n) is 8.46. The zero-order chi connectivity index (χ0) is 19.4. The van der Waals surface area contributed by atoms with Crippen molar-refractivity contribution in [2.24, 2.45) is 5.41 Å². The second-order valence-electron chi connectivity index (χ2n) is 6.09. The number of alkyl halides is 2. The van der Waals surface area contributed by atoms with Gasteiger partial charge in [-0.15, -0.1) is 0 Å². The molecule has 0 aliphatic heterocycles. The van der Waals surface area contributed by atoms with Crippen molar-refractivity contribution >= 4 is 17.5 Å². The molecule has 0 radical (unpaired) electrons. The van der Waals surface area contributed by atoms with Crippen LogP contribution in [0.1, 0.15) is 32.8 Å². The van der Waals surface area contributed by atoms with E-state index in [4.69, 9.17) is 9.47 Å². The van der Waals surface area contributed by atoms with E-state index >= 15 is 0 Å². The molecule has 0 saturated heterocycles. The molecule has 1 aliphatic rings. The molecular weight excluding hydrogens is 342 g/mol. The molecule has 0 aromatic heterocycles. The standard InChI is InChI=1S/C20H22F2O4/c1-4-25-17(23)19(3,18(24)26-5-2)15-11-12-16(20(21,22)13-15)14-9-7-6-8-10-14/h6-12H,4-5,13H2,1-3H3. The first-order chi connectivity index (χ1) is 12.3. The van der Waals surface area contributed by atoms with Crippen LogP contribution in [0.4, 0.5) is 8.78 Å². The Morgan fingerprint density at radius 2 is 1.58 bits per heavy atom. The summed E-state index contributed by atoms with van der Waals surface area (Å²) in [4.78, 5) is 24.8. The minimum absolute atomic E-state index is 0.0286. The highest BCUT2D eigenvalue weighted by molar-refractivity contribution is 6.03. The lowest BCUT2D eigenvalue weighted by Gasteiger charge is -2.33. The van der Waals surface area contributed by atoms with Gasteiger partial charge in [0.2, 0.25) is 0 Å². The molecule has 4 nitrogen and oxygen atoms in total. The van der Waals surface area contributed by atoms with Gasteiger partial charge in [0.05, 0.1) is 13.2 Å². The van der Waals surface area contributed by atoms with Crippen molar-refractivity contribution in [3.63, 3.8) is 0 Å². The molecule has 0 saturated carbocycles. The summed E-state index contributed by atoms with van der Waals surface area (Å²) in [7, 11) is 0. The summed E-state index contributed by atoms with van der Waals surface area (Å²) < 4.78 is 39.6. The lowest BCUT2D eigenvalue weighted by molar-refractivity contribution is -0.168. The van der Waals surface area contributed by atoms with Crippen molar-refractivity contribution in [1.82, 2.24) is 0 Å². The largest absolute Gasteiger partial charge is 0.465 e. The van der Waals surface area contributed by atoms with Gasteiger partial charge < -0.3 is 9.47 Å². The quantitative estimate of drug-likeness (QED) is 0.562. The van der Waals surface area contributed by atoms with Gasteiger partial charge in [-0.05, 0) is 31.9 Å². The zero-order valence-corrected chi connectivity index (χ0v) is 15.1.